The topological polar surface area (TPSA) is 94.7 Å². The summed E-state index contributed by atoms with van der Waals surface area (Å²) in [4.78, 5) is 12.5. The second kappa shape index (κ2) is 11.0. The molecule has 6 rings (SSSR count). The van der Waals surface area contributed by atoms with Gasteiger partial charge in [0.1, 0.15) is 12.3 Å². The Morgan fingerprint density at radius 3 is 2.12 bits per heavy atom. The number of nitrogens with one attached hydrogen (secondary N) is 1. The Kier molecular flexibility index (Phi) is 7.10. The number of hydrogen-bond donors (Lipinski definition) is 1. The second-order valence-electron chi connectivity index (χ2n) is 9.93. The van der Waals surface area contributed by atoms with Crippen molar-refractivity contribution < 1.29 is 17.9 Å². The average Bonchev–Trinajstić information content (AvgIpc) is 3.56. The van der Waals surface area contributed by atoms with Crippen molar-refractivity contribution in [3.63, 3.8) is 0 Å². The normalized spacial score (nSPS) is 11.5. The van der Waals surface area contributed by atoms with E-state index in [2.05, 4.69) is 5.32 Å². The Labute approximate surface area is 243 Å². The maximum Gasteiger partial charge on any atom is 0.411 e. The van der Waals surface area contributed by atoms with E-state index in [0.717, 1.165) is 33.5 Å². The summed E-state index contributed by atoms with van der Waals surface area (Å²) in [5.74, 6) is 0. The van der Waals surface area contributed by atoms with Crippen LogP contribution < -0.4 is 5.32 Å². The van der Waals surface area contributed by atoms with Gasteiger partial charge in [-0.3, -0.25) is 5.32 Å². The van der Waals surface area contributed by atoms with E-state index < -0.39 is 16.1 Å². The van der Waals surface area contributed by atoms with E-state index in [-0.39, 0.29) is 11.5 Å². The van der Waals surface area contributed by atoms with Crippen molar-refractivity contribution >= 4 is 27.3 Å². The Bertz CT molecular complexity index is 1970. The molecule has 0 atom stereocenters. The van der Waals surface area contributed by atoms with Crippen molar-refractivity contribution in [1.82, 2.24) is 13.6 Å². The summed E-state index contributed by atoms with van der Waals surface area (Å²) in [6.07, 6.45) is 1.33. The van der Waals surface area contributed by atoms with Gasteiger partial charge in [0.25, 0.3) is 10.0 Å². The molecule has 0 saturated carbocycles. The lowest BCUT2D eigenvalue weighted by Crippen LogP contribution is -2.15. The zero-order chi connectivity index (χ0) is 29.3. The molecule has 6 aromatic rings. The molecule has 0 unspecified atom stereocenters. The summed E-state index contributed by atoms with van der Waals surface area (Å²) in [7, 11) is -3.73. The number of carbonyl (C=O) groups is 1. The highest BCUT2D eigenvalue weighted by Gasteiger charge is 2.22. The van der Waals surface area contributed by atoms with Crippen LogP contribution in [0.2, 0.25) is 0 Å². The van der Waals surface area contributed by atoms with E-state index in [9.17, 15) is 13.2 Å². The van der Waals surface area contributed by atoms with Crippen LogP contribution in [0, 0.1) is 13.8 Å². The van der Waals surface area contributed by atoms with Gasteiger partial charge in [0.2, 0.25) is 0 Å². The quantitative estimate of drug-likeness (QED) is 0.219. The monoisotopic (exact) mass is 576 g/mol. The van der Waals surface area contributed by atoms with E-state index >= 15 is 0 Å². The minimum Gasteiger partial charge on any atom is -0.444 e. The third-order valence-corrected chi connectivity index (χ3v) is 8.97. The van der Waals surface area contributed by atoms with Crippen LogP contribution in [0.3, 0.4) is 0 Å². The molecule has 1 amide bonds. The molecule has 3 heterocycles. The van der Waals surface area contributed by atoms with Crippen LogP contribution in [-0.2, 0) is 21.4 Å². The Hall–Kier alpha value is -5.15. The minimum absolute atomic E-state index is 0.181. The van der Waals surface area contributed by atoms with Gasteiger partial charge >= 0.3 is 6.09 Å². The first-order chi connectivity index (χ1) is 20.3. The van der Waals surface area contributed by atoms with Gasteiger partial charge in [-0.25, -0.2) is 21.7 Å². The van der Waals surface area contributed by atoms with Gasteiger partial charge in [0.15, 0.2) is 0 Å². The predicted molar refractivity (Wildman–Crippen MR) is 163 cm³/mol. The number of aromatic nitrogens is 3. The second-order valence-corrected chi connectivity index (χ2v) is 11.7. The molecule has 3 aromatic heterocycles. The number of ether oxygens (including phenoxy) is 1. The molecular weight excluding hydrogens is 548 g/mol. The number of rotatable bonds is 7. The van der Waals surface area contributed by atoms with Crippen molar-refractivity contribution in [3.05, 3.63) is 132 Å². The number of anilines is 1. The molecule has 0 aliphatic rings. The first-order valence-corrected chi connectivity index (χ1v) is 14.8. The summed E-state index contributed by atoms with van der Waals surface area (Å²) in [5.41, 5.74) is 6.96. The molecule has 0 saturated heterocycles. The number of fused-ring (bicyclic) bond motifs is 1. The van der Waals surface area contributed by atoms with E-state index in [1.165, 1.54) is 3.97 Å². The molecule has 3 aromatic carbocycles. The van der Waals surface area contributed by atoms with Crippen LogP contribution in [-0.4, -0.2) is 28.1 Å². The third kappa shape index (κ3) is 5.17. The predicted octanol–water partition coefficient (Wildman–Crippen LogP) is 7.07. The van der Waals surface area contributed by atoms with Crippen molar-refractivity contribution in [3.8, 4) is 22.4 Å². The summed E-state index contributed by atoms with van der Waals surface area (Å²) in [5, 5.41) is 7.59. The molecule has 0 spiro atoms. The minimum atomic E-state index is -3.73. The standard InChI is InChI=1S/C33H28N4O4S/c1-23-11-12-24(2)37(23)42(39,40)29-19-15-26(16-20-29)31-30-10-6-7-21-36(30)35-32(31)27-13-17-28(18-14-27)34-33(38)41-22-25-8-4-3-5-9-25/h3-21H,22H2,1-2H3,(H,34,38). The molecule has 0 fully saturated rings. The Morgan fingerprint density at radius 1 is 0.786 bits per heavy atom. The van der Waals surface area contributed by atoms with Crippen molar-refractivity contribution in [2.75, 3.05) is 5.32 Å². The molecule has 210 valence electrons. The zero-order valence-electron chi connectivity index (χ0n) is 23.1. The van der Waals surface area contributed by atoms with Gasteiger partial charge < -0.3 is 4.74 Å². The van der Waals surface area contributed by atoms with Gasteiger partial charge in [-0.05, 0) is 73.5 Å². The number of amides is 1. The van der Waals surface area contributed by atoms with Crippen molar-refractivity contribution in [2.24, 2.45) is 0 Å². The molecular formula is C33H28N4O4S. The first-order valence-electron chi connectivity index (χ1n) is 13.4. The molecule has 42 heavy (non-hydrogen) atoms. The highest BCUT2D eigenvalue weighted by atomic mass is 32.2. The molecule has 1 N–H and O–H groups in total. The lowest BCUT2D eigenvalue weighted by atomic mass is 9.99. The highest BCUT2D eigenvalue weighted by molar-refractivity contribution is 7.90. The summed E-state index contributed by atoms with van der Waals surface area (Å²) < 4.78 is 35.2. The summed E-state index contributed by atoms with van der Waals surface area (Å²) in [6.45, 7) is 3.73. The molecule has 0 bridgehead atoms. The van der Waals surface area contributed by atoms with E-state index in [0.29, 0.717) is 17.1 Å². The maximum atomic E-state index is 13.4. The largest absolute Gasteiger partial charge is 0.444 e. The summed E-state index contributed by atoms with van der Waals surface area (Å²) >= 11 is 0. The fourth-order valence-electron chi connectivity index (χ4n) is 5.01. The number of nitrogens with zero attached hydrogens (tertiary/aromatic N) is 3. The van der Waals surface area contributed by atoms with Crippen molar-refractivity contribution in [1.29, 1.82) is 0 Å². The lowest BCUT2D eigenvalue weighted by Gasteiger charge is -2.12. The SMILES string of the molecule is Cc1ccc(C)n1S(=O)(=O)c1ccc(-c2c(-c3ccc(NC(=O)OCc4ccccc4)cc3)nn3ccccc23)cc1. The average molecular weight is 577 g/mol. The van der Waals surface area contributed by atoms with Gasteiger partial charge in [-0.1, -0.05) is 60.7 Å². The smallest absolute Gasteiger partial charge is 0.411 e. The number of carbonyl (C=O) groups excluding carboxylic acids is 1. The Balaban J connectivity index is 1.28. The van der Waals surface area contributed by atoms with Gasteiger partial charge in [0.05, 0.1) is 10.4 Å². The first kappa shape index (κ1) is 27.0. The van der Waals surface area contributed by atoms with Crippen molar-refractivity contribution in [2.45, 2.75) is 25.3 Å². The number of aryl methyl sites for hydroxylation is 2. The number of hydrogen-bond acceptors (Lipinski definition) is 5. The lowest BCUT2D eigenvalue weighted by molar-refractivity contribution is 0.155. The van der Waals surface area contributed by atoms with Crippen LogP contribution >= 0.6 is 0 Å². The Morgan fingerprint density at radius 2 is 1.43 bits per heavy atom. The van der Waals surface area contributed by atoms with Gasteiger partial charge in [-0.15, -0.1) is 0 Å². The van der Waals surface area contributed by atoms with Gasteiger partial charge in [-0.2, -0.15) is 5.10 Å². The fraction of sp³-hybridized carbons (Fsp3) is 0.0909. The zero-order valence-corrected chi connectivity index (χ0v) is 23.9. The van der Waals surface area contributed by atoms with E-state index in [1.54, 1.807) is 54.8 Å². The van der Waals surface area contributed by atoms with Crippen LogP contribution in [0.4, 0.5) is 10.5 Å². The van der Waals surface area contributed by atoms with Gasteiger partial charge in [0, 0.05) is 34.4 Å². The molecule has 8 nitrogen and oxygen atoms in total. The highest BCUT2D eigenvalue weighted by Crippen LogP contribution is 2.36. The number of benzene rings is 3. The third-order valence-electron chi connectivity index (χ3n) is 7.05. The molecule has 0 radical (unpaired) electrons. The maximum absolute atomic E-state index is 13.4. The molecule has 0 aliphatic heterocycles. The molecule has 9 heteroatoms. The van der Waals surface area contributed by atoms with Crippen LogP contribution in [0.5, 0.6) is 0 Å². The molecule has 0 aliphatic carbocycles. The fourth-order valence-corrected chi connectivity index (χ4v) is 6.58. The van der Waals surface area contributed by atoms with E-state index in [4.69, 9.17) is 9.84 Å². The van der Waals surface area contributed by atoms with Crippen LogP contribution in [0.15, 0.2) is 120 Å². The van der Waals surface area contributed by atoms with Crippen LogP contribution in [0.25, 0.3) is 27.9 Å². The number of pyridine rings is 1. The summed E-state index contributed by atoms with van der Waals surface area (Å²) in [6, 6.07) is 33.1. The van der Waals surface area contributed by atoms with Crippen LogP contribution in [0.1, 0.15) is 17.0 Å². The van der Waals surface area contributed by atoms with E-state index in [1.807, 2.05) is 79.0 Å².